The molecule has 0 saturated carbocycles. The Morgan fingerprint density at radius 2 is 2.42 bits per heavy atom. The van der Waals surface area contributed by atoms with Gasteiger partial charge < -0.3 is 15.7 Å². The lowest BCUT2D eigenvalue weighted by atomic mass is 9.97. The summed E-state index contributed by atoms with van der Waals surface area (Å²) in [5.41, 5.74) is 5.32. The Kier molecular flexibility index (Phi) is 4.59. The van der Waals surface area contributed by atoms with Crippen LogP contribution in [0.25, 0.3) is 0 Å². The molecule has 0 aromatic carbocycles. The summed E-state index contributed by atoms with van der Waals surface area (Å²) in [5, 5.41) is 9.68. The van der Waals surface area contributed by atoms with E-state index in [4.69, 9.17) is 5.73 Å². The number of nitrogens with zero attached hydrogens (tertiary/aromatic N) is 1. The molecule has 1 amide bonds. The maximum Gasteiger partial charge on any atom is 0.263 e. The van der Waals surface area contributed by atoms with Gasteiger partial charge in [0.2, 0.25) is 0 Å². The third-order valence-corrected chi connectivity index (χ3v) is 4.27. The van der Waals surface area contributed by atoms with Crippen molar-refractivity contribution in [1.82, 2.24) is 4.90 Å². The van der Waals surface area contributed by atoms with Gasteiger partial charge in [0.15, 0.2) is 0 Å². The maximum atomic E-state index is 12.3. The zero-order valence-electron chi connectivity index (χ0n) is 10.9. The van der Waals surface area contributed by atoms with Crippen molar-refractivity contribution in [1.29, 1.82) is 0 Å². The van der Waals surface area contributed by atoms with E-state index >= 15 is 0 Å². The third kappa shape index (κ3) is 3.35. The molecular formula is C14H18N2O2S. The molecule has 4 nitrogen and oxygen atoms in total. The van der Waals surface area contributed by atoms with Gasteiger partial charge >= 0.3 is 0 Å². The van der Waals surface area contributed by atoms with Gasteiger partial charge in [0.05, 0.1) is 22.4 Å². The minimum absolute atomic E-state index is 0.0320. The lowest BCUT2D eigenvalue weighted by molar-refractivity contribution is 0.0300. The molecule has 1 fully saturated rings. The molecule has 19 heavy (non-hydrogen) atoms. The largest absolute Gasteiger partial charge is 0.393 e. The van der Waals surface area contributed by atoms with Crippen LogP contribution in [0, 0.1) is 17.8 Å². The number of aliphatic hydroxyl groups is 1. The number of piperidine rings is 1. The molecule has 1 aromatic rings. The number of likely N-dealkylation sites (tertiary alicyclic amines) is 1. The van der Waals surface area contributed by atoms with Crippen LogP contribution >= 0.6 is 11.3 Å². The van der Waals surface area contributed by atoms with Crippen LogP contribution in [-0.2, 0) is 0 Å². The number of hydrogen-bond acceptors (Lipinski definition) is 4. The number of carbonyl (C=O) groups excluding carboxylic acids is 1. The van der Waals surface area contributed by atoms with Crippen molar-refractivity contribution in [3.05, 3.63) is 21.9 Å². The average molecular weight is 278 g/mol. The Labute approximate surface area is 117 Å². The third-order valence-electron chi connectivity index (χ3n) is 3.28. The zero-order chi connectivity index (χ0) is 13.8. The Balaban J connectivity index is 2.05. The first-order valence-electron chi connectivity index (χ1n) is 6.38. The number of thiophene rings is 1. The summed E-state index contributed by atoms with van der Waals surface area (Å²) in [4.78, 5) is 15.7. The van der Waals surface area contributed by atoms with E-state index in [-0.39, 0.29) is 17.9 Å². The highest BCUT2D eigenvalue weighted by Crippen LogP contribution is 2.22. The van der Waals surface area contributed by atoms with E-state index in [1.807, 2.05) is 24.0 Å². The lowest BCUT2D eigenvalue weighted by Gasteiger charge is -2.34. The molecular weight excluding hydrogens is 260 g/mol. The fourth-order valence-corrected chi connectivity index (χ4v) is 2.98. The van der Waals surface area contributed by atoms with Crippen molar-refractivity contribution in [3.63, 3.8) is 0 Å². The summed E-state index contributed by atoms with van der Waals surface area (Å²) < 4.78 is 0. The smallest absolute Gasteiger partial charge is 0.263 e. The quantitative estimate of drug-likeness (QED) is 0.750. The molecule has 0 radical (unpaired) electrons. The molecule has 1 aliphatic heterocycles. The van der Waals surface area contributed by atoms with Gasteiger partial charge in [0.1, 0.15) is 0 Å². The molecule has 0 bridgehead atoms. The van der Waals surface area contributed by atoms with Crippen LogP contribution in [0.5, 0.6) is 0 Å². The van der Waals surface area contributed by atoms with Gasteiger partial charge in [-0.2, -0.15) is 0 Å². The molecule has 2 heterocycles. The molecule has 1 saturated heterocycles. The van der Waals surface area contributed by atoms with E-state index in [1.54, 1.807) is 0 Å². The molecule has 102 valence electrons. The first-order valence-corrected chi connectivity index (χ1v) is 7.19. The average Bonchev–Trinajstić information content (AvgIpc) is 2.87. The van der Waals surface area contributed by atoms with Gasteiger partial charge in [-0.3, -0.25) is 4.79 Å². The monoisotopic (exact) mass is 278 g/mol. The van der Waals surface area contributed by atoms with Crippen molar-refractivity contribution in [2.24, 2.45) is 11.7 Å². The standard InChI is InChI=1S/C14H18N2O2S/c1-10-9-16(8-6-12(10)17)14(18)13-5-4-11(19-13)3-2-7-15/h4-5,10,12,17H,6-9,15H2,1H3. The minimum Gasteiger partial charge on any atom is -0.393 e. The van der Waals surface area contributed by atoms with Gasteiger partial charge in [0.25, 0.3) is 5.91 Å². The summed E-state index contributed by atoms with van der Waals surface area (Å²) in [6.07, 6.45) is 0.358. The number of amides is 1. The first-order chi connectivity index (χ1) is 9.11. The van der Waals surface area contributed by atoms with Gasteiger partial charge in [-0.1, -0.05) is 18.8 Å². The first kappa shape index (κ1) is 14.1. The zero-order valence-corrected chi connectivity index (χ0v) is 11.7. The number of nitrogens with two attached hydrogens (primary N) is 1. The van der Waals surface area contributed by atoms with Crippen LogP contribution in [0.15, 0.2) is 12.1 Å². The molecule has 1 aliphatic rings. The minimum atomic E-state index is -0.293. The Morgan fingerprint density at radius 1 is 1.63 bits per heavy atom. The van der Waals surface area contributed by atoms with E-state index in [0.29, 0.717) is 30.9 Å². The predicted molar refractivity (Wildman–Crippen MR) is 75.9 cm³/mol. The number of aliphatic hydroxyl groups excluding tert-OH is 1. The Morgan fingerprint density at radius 3 is 3.11 bits per heavy atom. The second-order valence-electron chi connectivity index (χ2n) is 4.75. The van der Waals surface area contributed by atoms with E-state index < -0.39 is 0 Å². The molecule has 1 aromatic heterocycles. The van der Waals surface area contributed by atoms with Crippen LogP contribution < -0.4 is 5.73 Å². The molecule has 5 heteroatoms. The molecule has 2 rings (SSSR count). The summed E-state index contributed by atoms with van der Waals surface area (Å²) in [6.45, 7) is 3.52. The SMILES string of the molecule is CC1CN(C(=O)c2ccc(C#CCN)s2)CCC1O. The Bertz CT molecular complexity index is 515. The van der Waals surface area contributed by atoms with Gasteiger partial charge in [0, 0.05) is 13.1 Å². The van der Waals surface area contributed by atoms with E-state index in [1.165, 1.54) is 11.3 Å². The number of carbonyl (C=O) groups is 1. The van der Waals surface area contributed by atoms with E-state index in [2.05, 4.69) is 11.8 Å². The van der Waals surface area contributed by atoms with Crippen molar-refractivity contribution < 1.29 is 9.90 Å². The van der Waals surface area contributed by atoms with E-state index in [9.17, 15) is 9.90 Å². The highest BCUT2D eigenvalue weighted by atomic mass is 32.1. The highest BCUT2D eigenvalue weighted by molar-refractivity contribution is 7.14. The predicted octanol–water partition coefficient (Wildman–Crippen LogP) is 0.901. The Hall–Kier alpha value is -1.35. The number of hydrogen-bond donors (Lipinski definition) is 2. The van der Waals surface area contributed by atoms with Crippen molar-refractivity contribution in [3.8, 4) is 11.8 Å². The lowest BCUT2D eigenvalue weighted by Crippen LogP contribution is -2.44. The summed E-state index contributed by atoms with van der Waals surface area (Å²) in [5.74, 6) is 5.88. The molecule has 2 unspecified atom stereocenters. The van der Waals surface area contributed by atoms with Crippen LogP contribution in [0.3, 0.4) is 0 Å². The fourth-order valence-electron chi connectivity index (χ4n) is 2.13. The molecule has 3 N–H and O–H groups in total. The van der Waals surface area contributed by atoms with Crippen molar-refractivity contribution >= 4 is 17.2 Å². The second kappa shape index (κ2) is 6.20. The summed E-state index contributed by atoms with van der Waals surface area (Å²) in [7, 11) is 0. The van der Waals surface area contributed by atoms with Crippen LogP contribution in [-0.4, -0.2) is 41.7 Å². The molecule has 2 atom stereocenters. The van der Waals surface area contributed by atoms with Crippen LogP contribution in [0.2, 0.25) is 0 Å². The van der Waals surface area contributed by atoms with Gasteiger partial charge in [-0.15, -0.1) is 11.3 Å². The summed E-state index contributed by atoms with van der Waals surface area (Å²) in [6, 6.07) is 3.66. The maximum absolute atomic E-state index is 12.3. The topological polar surface area (TPSA) is 66.6 Å². The normalized spacial score (nSPS) is 22.8. The summed E-state index contributed by atoms with van der Waals surface area (Å²) >= 11 is 1.39. The second-order valence-corrected chi connectivity index (χ2v) is 5.84. The fraction of sp³-hybridized carbons (Fsp3) is 0.500. The number of rotatable bonds is 1. The van der Waals surface area contributed by atoms with Crippen LogP contribution in [0.1, 0.15) is 27.9 Å². The van der Waals surface area contributed by atoms with Crippen LogP contribution in [0.4, 0.5) is 0 Å². The van der Waals surface area contributed by atoms with Gasteiger partial charge in [-0.25, -0.2) is 0 Å². The van der Waals surface area contributed by atoms with Crippen molar-refractivity contribution in [2.75, 3.05) is 19.6 Å². The molecule has 0 spiro atoms. The van der Waals surface area contributed by atoms with Crippen molar-refractivity contribution in [2.45, 2.75) is 19.4 Å². The van der Waals surface area contributed by atoms with Gasteiger partial charge in [-0.05, 0) is 24.5 Å². The highest BCUT2D eigenvalue weighted by Gasteiger charge is 2.28. The van der Waals surface area contributed by atoms with E-state index in [0.717, 1.165) is 4.88 Å². The molecule has 0 aliphatic carbocycles.